The van der Waals surface area contributed by atoms with Gasteiger partial charge in [-0.25, -0.2) is 9.97 Å². The van der Waals surface area contributed by atoms with Gasteiger partial charge in [-0.1, -0.05) is 41.9 Å². The van der Waals surface area contributed by atoms with Gasteiger partial charge >= 0.3 is 0 Å². The molecule has 0 radical (unpaired) electrons. The molecular weight excluding hydrogens is 260 g/mol. The average Bonchev–Trinajstić information content (AvgIpc) is 2.44. The summed E-state index contributed by atoms with van der Waals surface area (Å²) < 4.78 is 5.76. The van der Waals surface area contributed by atoms with Crippen LogP contribution in [0.1, 0.15) is 5.56 Å². The van der Waals surface area contributed by atoms with Crippen LogP contribution in [0, 0.1) is 6.92 Å². The monoisotopic (exact) mass is 270 g/mol. The van der Waals surface area contributed by atoms with Crippen LogP contribution in [-0.4, -0.2) is 9.97 Å². The first-order chi connectivity index (χ1) is 9.24. The van der Waals surface area contributed by atoms with Gasteiger partial charge < -0.3 is 4.74 Å². The molecule has 0 saturated heterocycles. The molecular formula is C15H11ClN2O. The zero-order chi connectivity index (χ0) is 13.2. The molecule has 0 unspecified atom stereocenters. The van der Waals surface area contributed by atoms with Crippen LogP contribution in [0.3, 0.4) is 0 Å². The third kappa shape index (κ3) is 2.37. The molecule has 3 aromatic rings. The molecule has 2 aromatic carbocycles. The van der Waals surface area contributed by atoms with Crippen LogP contribution in [0.2, 0.25) is 5.15 Å². The number of nitrogens with zero attached hydrogens (tertiary/aromatic N) is 2. The number of fused-ring (bicyclic) bond motifs is 1. The number of ether oxygens (including phenoxy) is 1. The van der Waals surface area contributed by atoms with E-state index in [1.807, 2.05) is 43.3 Å². The third-order valence-corrected chi connectivity index (χ3v) is 3.29. The van der Waals surface area contributed by atoms with E-state index in [-0.39, 0.29) is 0 Å². The summed E-state index contributed by atoms with van der Waals surface area (Å²) in [5.41, 5.74) is 0.734. The van der Waals surface area contributed by atoms with Gasteiger partial charge in [0.25, 0.3) is 0 Å². The molecule has 19 heavy (non-hydrogen) atoms. The zero-order valence-corrected chi connectivity index (χ0v) is 11.1. The minimum absolute atomic E-state index is 0.408. The van der Waals surface area contributed by atoms with E-state index in [9.17, 15) is 0 Å². The van der Waals surface area contributed by atoms with E-state index in [1.54, 1.807) is 0 Å². The largest absolute Gasteiger partial charge is 0.439 e. The molecule has 94 valence electrons. The molecule has 1 aromatic heterocycles. The summed E-state index contributed by atoms with van der Waals surface area (Å²) in [6.07, 6.45) is 1.39. The van der Waals surface area contributed by atoms with Gasteiger partial charge in [-0.2, -0.15) is 0 Å². The Morgan fingerprint density at radius 2 is 1.79 bits per heavy atom. The predicted octanol–water partition coefficient (Wildman–Crippen LogP) is 4.38. The summed E-state index contributed by atoms with van der Waals surface area (Å²) in [4.78, 5) is 8.00. The predicted molar refractivity (Wildman–Crippen MR) is 75.8 cm³/mol. The lowest BCUT2D eigenvalue weighted by atomic mass is 10.1. The van der Waals surface area contributed by atoms with Gasteiger partial charge in [0.1, 0.15) is 17.2 Å². The van der Waals surface area contributed by atoms with E-state index in [0.717, 1.165) is 16.7 Å². The first kappa shape index (κ1) is 11.9. The van der Waals surface area contributed by atoms with Gasteiger partial charge in [0.2, 0.25) is 5.88 Å². The highest BCUT2D eigenvalue weighted by molar-refractivity contribution is 6.30. The van der Waals surface area contributed by atoms with Gasteiger partial charge in [0.05, 0.1) is 0 Å². The van der Waals surface area contributed by atoms with Crippen LogP contribution in [0.4, 0.5) is 0 Å². The Bertz CT molecular complexity index is 743. The summed E-state index contributed by atoms with van der Waals surface area (Å²) in [6.45, 7) is 1.83. The number of hydrogen-bond acceptors (Lipinski definition) is 3. The second-order valence-corrected chi connectivity index (χ2v) is 4.56. The molecule has 0 amide bonds. The third-order valence-electron chi connectivity index (χ3n) is 2.91. The fourth-order valence-electron chi connectivity index (χ4n) is 1.86. The molecule has 3 nitrogen and oxygen atoms in total. The molecule has 0 bridgehead atoms. The molecule has 4 heteroatoms. The molecule has 0 fully saturated rings. The summed E-state index contributed by atoms with van der Waals surface area (Å²) in [5, 5.41) is 2.70. The standard InChI is InChI=1S/C15H11ClN2O/c1-10-14(16)17-9-18-15(10)19-13-7-6-11-4-2-3-5-12(11)8-13/h2-9H,1H3. The molecule has 1 heterocycles. The Morgan fingerprint density at radius 3 is 2.63 bits per heavy atom. The van der Waals surface area contributed by atoms with Crippen LogP contribution in [-0.2, 0) is 0 Å². The Kier molecular flexibility index (Phi) is 3.05. The highest BCUT2D eigenvalue weighted by Crippen LogP contribution is 2.28. The van der Waals surface area contributed by atoms with Crippen molar-refractivity contribution in [3.63, 3.8) is 0 Å². The van der Waals surface area contributed by atoms with Crippen molar-refractivity contribution in [1.29, 1.82) is 0 Å². The van der Waals surface area contributed by atoms with Crippen molar-refractivity contribution in [1.82, 2.24) is 9.97 Å². The lowest BCUT2D eigenvalue weighted by Gasteiger charge is -2.08. The van der Waals surface area contributed by atoms with Gasteiger partial charge in [-0.15, -0.1) is 0 Å². The topological polar surface area (TPSA) is 35.0 Å². The second kappa shape index (κ2) is 4.86. The van der Waals surface area contributed by atoms with Gasteiger partial charge in [-0.05, 0) is 29.8 Å². The summed E-state index contributed by atoms with van der Waals surface area (Å²) in [7, 11) is 0. The zero-order valence-electron chi connectivity index (χ0n) is 10.3. The molecule has 0 aliphatic carbocycles. The van der Waals surface area contributed by atoms with E-state index in [0.29, 0.717) is 11.0 Å². The molecule has 0 aliphatic heterocycles. The Balaban J connectivity index is 1.99. The fraction of sp³-hybridized carbons (Fsp3) is 0.0667. The maximum absolute atomic E-state index is 5.94. The number of hydrogen-bond donors (Lipinski definition) is 0. The molecule has 0 aliphatic rings. The first-order valence-corrected chi connectivity index (χ1v) is 6.25. The SMILES string of the molecule is Cc1c(Cl)ncnc1Oc1ccc2ccccc2c1. The smallest absolute Gasteiger partial charge is 0.226 e. The van der Waals surface area contributed by atoms with E-state index in [2.05, 4.69) is 16.0 Å². The number of halogens is 1. The minimum atomic E-state index is 0.408. The quantitative estimate of drug-likeness (QED) is 0.648. The normalized spacial score (nSPS) is 10.6. The van der Waals surface area contributed by atoms with Crippen LogP contribution in [0.25, 0.3) is 10.8 Å². The van der Waals surface area contributed by atoms with Crippen molar-refractivity contribution in [2.24, 2.45) is 0 Å². The van der Waals surface area contributed by atoms with E-state index < -0.39 is 0 Å². The Labute approximate surface area is 115 Å². The highest BCUT2D eigenvalue weighted by atomic mass is 35.5. The van der Waals surface area contributed by atoms with Crippen molar-refractivity contribution in [3.05, 3.63) is 59.5 Å². The van der Waals surface area contributed by atoms with Gasteiger partial charge in [0.15, 0.2) is 0 Å². The molecule has 0 spiro atoms. The van der Waals surface area contributed by atoms with Crippen LogP contribution in [0.15, 0.2) is 48.8 Å². The van der Waals surface area contributed by atoms with Crippen LogP contribution < -0.4 is 4.74 Å². The molecule has 3 rings (SSSR count). The van der Waals surface area contributed by atoms with Crippen molar-refractivity contribution in [2.45, 2.75) is 6.92 Å². The van der Waals surface area contributed by atoms with Crippen LogP contribution >= 0.6 is 11.6 Å². The minimum Gasteiger partial charge on any atom is -0.439 e. The van der Waals surface area contributed by atoms with Gasteiger partial charge in [-0.3, -0.25) is 0 Å². The Morgan fingerprint density at radius 1 is 1.00 bits per heavy atom. The summed E-state index contributed by atoms with van der Waals surface area (Å²) >= 11 is 5.94. The van der Waals surface area contributed by atoms with E-state index >= 15 is 0 Å². The number of aromatic nitrogens is 2. The molecule has 0 N–H and O–H groups in total. The van der Waals surface area contributed by atoms with Crippen molar-refractivity contribution < 1.29 is 4.74 Å². The maximum atomic E-state index is 5.94. The molecule has 0 atom stereocenters. The van der Waals surface area contributed by atoms with E-state index in [1.165, 1.54) is 11.7 Å². The summed E-state index contributed by atoms with van der Waals surface area (Å²) in [5.74, 6) is 1.21. The highest BCUT2D eigenvalue weighted by Gasteiger charge is 2.07. The fourth-order valence-corrected chi connectivity index (χ4v) is 1.98. The lowest BCUT2D eigenvalue weighted by molar-refractivity contribution is 0.458. The first-order valence-electron chi connectivity index (χ1n) is 5.88. The van der Waals surface area contributed by atoms with E-state index in [4.69, 9.17) is 16.3 Å². The molecule has 0 saturated carbocycles. The average molecular weight is 271 g/mol. The number of benzene rings is 2. The van der Waals surface area contributed by atoms with Crippen LogP contribution in [0.5, 0.6) is 11.6 Å². The Hall–Kier alpha value is -2.13. The van der Waals surface area contributed by atoms with Crippen molar-refractivity contribution in [3.8, 4) is 11.6 Å². The van der Waals surface area contributed by atoms with Crippen molar-refractivity contribution in [2.75, 3.05) is 0 Å². The van der Waals surface area contributed by atoms with Crippen molar-refractivity contribution >= 4 is 22.4 Å². The maximum Gasteiger partial charge on any atom is 0.226 e. The summed E-state index contributed by atoms with van der Waals surface area (Å²) in [6, 6.07) is 14.0. The lowest BCUT2D eigenvalue weighted by Crippen LogP contribution is -1.93. The van der Waals surface area contributed by atoms with Gasteiger partial charge in [0, 0.05) is 5.56 Å². The second-order valence-electron chi connectivity index (χ2n) is 4.21. The number of rotatable bonds is 2.